The fourth-order valence-electron chi connectivity index (χ4n) is 4.93. The van der Waals surface area contributed by atoms with Gasteiger partial charge in [0.05, 0.1) is 31.8 Å². The van der Waals surface area contributed by atoms with Gasteiger partial charge in [0.25, 0.3) is 5.91 Å². The summed E-state index contributed by atoms with van der Waals surface area (Å²) in [5, 5.41) is 13.8. The molecule has 4 N–H and O–H groups in total. The molecule has 4 atom stereocenters. The van der Waals surface area contributed by atoms with Gasteiger partial charge in [-0.2, -0.15) is 0 Å². The molecule has 0 radical (unpaired) electrons. The number of nitrogens with one attached hydrogen (secondary N) is 1. The SMILES string of the molecule is COc1ccc(N=C(N)CC(=O)[N+](C)(C)C(C(=O)N[C@@H]2C(=O)N3[C@@H]2SC(C)(C)[C@@H]3C(=O)O)c2cccs2)cc1. The second-order valence-corrected chi connectivity index (χ2v) is 13.2. The van der Waals surface area contributed by atoms with Crippen LogP contribution >= 0.6 is 23.1 Å². The number of amidine groups is 1. The van der Waals surface area contributed by atoms with Crippen molar-refractivity contribution >= 4 is 58.3 Å². The van der Waals surface area contributed by atoms with Crippen LogP contribution in [0.5, 0.6) is 5.75 Å². The first-order valence-electron chi connectivity index (χ1n) is 12.2. The first kappa shape index (κ1) is 28.6. The van der Waals surface area contributed by atoms with Gasteiger partial charge in [-0.25, -0.2) is 14.6 Å². The summed E-state index contributed by atoms with van der Waals surface area (Å²) in [6.45, 7) is 3.54. The molecule has 39 heavy (non-hydrogen) atoms. The Morgan fingerprint density at radius 2 is 1.90 bits per heavy atom. The highest BCUT2D eigenvalue weighted by molar-refractivity contribution is 8.01. The number of nitrogens with two attached hydrogens (primary N) is 1. The Kier molecular flexibility index (Phi) is 7.79. The molecule has 2 fully saturated rings. The van der Waals surface area contributed by atoms with E-state index in [1.165, 1.54) is 28.0 Å². The number of benzene rings is 1. The van der Waals surface area contributed by atoms with Crippen molar-refractivity contribution in [2.45, 2.75) is 48.5 Å². The summed E-state index contributed by atoms with van der Waals surface area (Å²) < 4.78 is 4.06. The summed E-state index contributed by atoms with van der Waals surface area (Å²) in [6, 6.07) is 7.62. The molecule has 1 aromatic heterocycles. The Morgan fingerprint density at radius 3 is 2.46 bits per heavy atom. The van der Waals surface area contributed by atoms with Gasteiger partial charge in [-0.1, -0.05) is 6.07 Å². The zero-order valence-corrected chi connectivity index (χ0v) is 23.9. The number of rotatable bonds is 9. The number of carbonyl (C=O) groups is 4. The highest BCUT2D eigenvalue weighted by atomic mass is 32.2. The van der Waals surface area contributed by atoms with Crippen molar-refractivity contribution in [1.82, 2.24) is 10.2 Å². The lowest BCUT2D eigenvalue weighted by molar-refractivity contribution is -0.836. The molecule has 0 aliphatic carbocycles. The average Bonchev–Trinajstić information content (AvgIpc) is 3.47. The zero-order valence-electron chi connectivity index (χ0n) is 22.3. The van der Waals surface area contributed by atoms with E-state index in [0.717, 1.165) is 0 Å². The van der Waals surface area contributed by atoms with Gasteiger partial charge in [0.1, 0.15) is 35.5 Å². The third-order valence-electron chi connectivity index (χ3n) is 7.00. The largest absolute Gasteiger partial charge is 0.497 e. The van der Waals surface area contributed by atoms with Crippen molar-refractivity contribution in [1.29, 1.82) is 0 Å². The standard InChI is InChI=1S/C26H31N5O6S2/c1-26(2)21(25(35)36)30-23(34)19(24(30)39-26)29-22(33)20(16-7-6-12-38-16)31(3,4)18(32)13-17(27)28-14-8-10-15(37-5)11-9-14/h6-12,19-21,24H,13H2,1-5H3,(H3-,27,28,29,33,35,36)/p+1/t19-,20?,21+,24-/m1/s1. The smallest absolute Gasteiger partial charge is 0.327 e. The van der Waals surface area contributed by atoms with Gasteiger partial charge in [0, 0.05) is 4.75 Å². The number of carboxylic acids is 1. The van der Waals surface area contributed by atoms with Crippen LogP contribution in [-0.4, -0.2) is 87.4 Å². The summed E-state index contributed by atoms with van der Waals surface area (Å²) in [7, 11) is 4.80. The van der Waals surface area contributed by atoms with Crippen LogP contribution in [0.4, 0.5) is 5.69 Å². The van der Waals surface area contributed by atoms with Crippen molar-refractivity contribution in [3.05, 3.63) is 46.7 Å². The van der Waals surface area contributed by atoms with Crippen LogP contribution in [-0.2, 0) is 19.2 Å². The number of fused-ring (bicyclic) bond motifs is 1. The van der Waals surface area contributed by atoms with Crippen LogP contribution in [0, 0.1) is 0 Å². The molecule has 0 spiro atoms. The maximum absolute atomic E-state index is 13.7. The highest BCUT2D eigenvalue weighted by Crippen LogP contribution is 2.51. The first-order valence-corrected chi connectivity index (χ1v) is 13.9. The van der Waals surface area contributed by atoms with Gasteiger partial charge in [0.2, 0.25) is 11.9 Å². The molecule has 1 unspecified atom stereocenters. The van der Waals surface area contributed by atoms with Crippen LogP contribution in [0.15, 0.2) is 46.8 Å². The van der Waals surface area contributed by atoms with Gasteiger partial charge in [-0.05, 0) is 49.6 Å². The summed E-state index contributed by atoms with van der Waals surface area (Å²) in [6.07, 6.45) is -0.197. The van der Waals surface area contributed by atoms with Crippen LogP contribution in [0.3, 0.4) is 0 Å². The number of thioether (sulfide) groups is 1. The van der Waals surface area contributed by atoms with Crippen molar-refractivity contribution in [3.8, 4) is 5.75 Å². The molecule has 208 valence electrons. The van der Waals surface area contributed by atoms with Crippen LogP contribution < -0.4 is 15.8 Å². The molecule has 2 aliphatic heterocycles. The second kappa shape index (κ2) is 10.6. The number of hydrogen-bond acceptors (Lipinski definition) is 8. The van der Waals surface area contributed by atoms with Gasteiger partial charge < -0.3 is 25.8 Å². The molecule has 2 aromatic rings. The predicted octanol–water partition coefficient (Wildman–Crippen LogP) is 2.11. The molecule has 3 amide bonds. The molecule has 0 saturated carbocycles. The van der Waals surface area contributed by atoms with Crippen molar-refractivity contribution in [3.63, 3.8) is 0 Å². The lowest BCUT2D eigenvalue weighted by atomic mass is 9.95. The predicted molar refractivity (Wildman–Crippen MR) is 149 cm³/mol. The molecule has 3 heterocycles. The number of carboxylic acid groups (broad SMARTS) is 1. The van der Waals surface area contributed by atoms with E-state index >= 15 is 0 Å². The topological polar surface area (TPSA) is 151 Å². The number of β-lactam (4-membered cyclic amide) rings is 1. The number of ether oxygens (including phenoxy) is 1. The Hall–Kier alpha value is -3.42. The van der Waals surface area contributed by atoms with E-state index in [0.29, 0.717) is 16.3 Å². The van der Waals surface area contributed by atoms with Crippen molar-refractivity contribution < 1.29 is 33.5 Å². The Labute approximate surface area is 234 Å². The minimum atomic E-state index is -1.08. The maximum Gasteiger partial charge on any atom is 0.327 e. The number of likely N-dealkylation sites (N-methyl/N-ethyl adjacent to an activating group) is 1. The highest BCUT2D eigenvalue weighted by Gasteiger charge is 2.64. The molecule has 0 bridgehead atoms. The molecule has 4 rings (SSSR count). The zero-order chi connectivity index (χ0) is 28.7. The third kappa shape index (κ3) is 5.38. The summed E-state index contributed by atoms with van der Waals surface area (Å²) in [5.41, 5.74) is 6.67. The van der Waals surface area contributed by atoms with Crippen LogP contribution in [0.1, 0.15) is 31.2 Å². The second-order valence-electron chi connectivity index (χ2n) is 10.4. The minimum absolute atomic E-state index is 0.0933. The number of nitrogens with zero attached hydrogens (tertiary/aromatic N) is 3. The van der Waals surface area contributed by atoms with E-state index in [9.17, 15) is 24.3 Å². The van der Waals surface area contributed by atoms with E-state index in [4.69, 9.17) is 10.5 Å². The average molecular weight is 575 g/mol. The monoisotopic (exact) mass is 574 g/mol. The normalized spacial score (nSPS) is 23.0. The van der Waals surface area contributed by atoms with E-state index in [1.807, 2.05) is 5.38 Å². The number of hydrogen-bond donors (Lipinski definition) is 3. The molecular formula is C26H32N5O6S2+. The van der Waals surface area contributed by atoms with Crippen LogP contribution in [0.25, 0.3) is 0 Å². The number of amides is 3. The summed E-state index contributed by atoms with van der Waals surface area (Å²) in [5.74, 6) is -1.62. The molecule has 13 heteroatoms. The van der Waals surface area contributed by atoms with E-state index in [1.54, 1.807) is 71.5 Å². The number of aliphatic imine (C=N–C) groups is 1. The molecule has 11 nitrogen and oxygen atoms in total. The van der Waals surface area contributed by atoms with E-state index in [-0.39, 0.29) is 22.6 Å². The van der Waals surface area contributed by atoms with Gasteiger partial charge in [0.15, 0.2) is 0 Å². The Bertz CT molecular complexity index is 1310. The van der Waals surface area contributed by atoms with Crippen molar-refractivity contribution in [2.24, 2.45) is 10.7 Å². The van der Waals surface area contributed by atoms with Gasteiger partial charge in [-0.3, -0.25) is 14.1 Å². The minimum Gasteiger partial charge on any atom is -0.497 e. The molecular weight excluding hydrogens is 542 g/mol. The lowest BCUT2D eigenvalue weighted by Gasteiger charge is -2.44. The number of carbonyl (C=O) groups excluding carboxylic acids is 3. The molecule has 2 saturated heterocycles. The fraction of sp³-hybridized carbons (Fsp3) is 0.423. The maximum atomic E-state index is 13.7. The third-order valence-corrected chi connectivity index (χ3v) is 9.50. The molecule has 2 aliphatic rings. The summed E-state index contributed by atoms with van der Waals surface area (Å²) >= 11 is 2.67. The first-order chi connectivity index (χ1) is 18.3. The van der Waals surface area contributed by atoms with Gasteiger partial charge >= 0.3 is 11.9 Å². The number of methoxy groups -OCH3 is 1. The lowest BCUT2D eigenvalue weighted by Crippen LogP contribution is -2.71. The van der Waals surface area contributed by atoms with Gasteiger partial charge in [-0.15, -0.1) is 23.1 Å². The number of quaternary nitrogens is 1. The molecule has 1 aromatic carbocycles. The van der Waals surface area contributed by atoms with E-state index < -0.39 is 46.0 Å². The number of aliphatic carboxylic acids is 1. The fourth-order valence-corrected chi connectivity index (χ4v) is 7.53. The van der Waals surface area contributed by atoms with E-state index in [2.05, 4.69) is 10.3 Å². The Balaban J connectivity index is 1.52. The number of thiophene rings is 1. The quantitative estimate of drug-likeness (QED) is 0.178. The van der Waals surface area contributed by atoms with Crippen molar-refractivity contribution in [2.75, 3.05) is 21.2 Å². The summed E-state index contributed by atoms with van der Waals surface area (Å²) in [4.78, 5) is 58.3. The van der Waals surface area contributed by atoms with Crippen LogP contribution in [0.2, 0.25) is 0 Å². The Morgan fingerprint density at radius 1 is 1.23 bits per heavy atom.